The van der Waals surface area contributed by atoms with Gasteiger partial charge in [0.15, 0.2) is 5.43 Å². The fourth-order valence-corrected chi connectivity index (χ4v) is 3.91. The van der Waals surface area contributed by atoms with Crippen molar-refractivity contribution in [2.45, 2.75) is 58.8 Å². The summed E-state index contributed by atoms with van der Waals surface area (Å²) in [4.78, 5) is 26.7. The van der Waals surface area contributed by atoms with Crippen molar-refractivity contribution in [1.82, 2.24) is 9.47 Å². The van der Waals surface area contributed by atoms with Gasteiger partial charge in [-0.1, -0.05) is 25.5 Å². The minimum absolute atomic E-state index is 0.0141. The molecule has 0 N–H and O–H groups in total. The van der Waals surface area contributed by atoms with Crippen molar-refractivity contribution in [2.24, 2.45) is 5.92 Å². The first kappa shape index (κ1) is 20.4. The predicted molar refractivity (Wildman–Crippen MR) is 102 cm³/mol. The van der Waals surface area contributed by atoms with Crippen LogP contribution in [-0.4, -0.2) is 28.0 Å². The molecule has 1 aliphatic rings. The van der Waals surface area contributed by atoms with Gasteiger partial charge in [0.1, 0.15) is 5.69 Å². The number of hydrogen-bond acceptors (Lipinski definition) is 2. The summed E-state index contributed by atoms with van der Waals surface area (Å²) in [5.41, 5.74) is -0.531. The van der Waals surface area contributed by atoms with E-state index in [-0.39, 0.29) is 35.3 Å². The number of nitrogens with zero attached hydrogens (tertiary/aromatic N) is 2. The molecule has 4 nitrogen and oxygen atoms in total. The zero-order valence-electron chi connectivity index (χ0n) is 16.3. The van der Waals surface area contributed by atoms with Gasteiger partial charge in [-0.3, -0.25) is 9.59 Å². The summed E-state index contributed by atoms with van der Waals surface area (Å²) in [5, 5.41) is 0.269. The lowest BCUT2D eigenvalue weighted by molar-refractivity contribution is -0.144. The topological polar surface area (TPSA) is 42.3 Å². The first-order valence-corrected chi connectivity index (χ1v) is 9.65. The summed E-state index contributed by atoms with van der Waals surface area (Å²) in [6, 6.07) is 5.25. The van der Waals surface area contributed by atoms with Gasteiger partial charge in [0.2, 0.25) is 5.91 Å². The molecule has 28 heavy (non-hydrogen) atoms. The molecule has 2 atom stereocenters. The molecule has 1 aromatic carbocycles. The Hall–Kier alpha value is -2.31. The third-order valence-electron chi connectivity index (χ3n) is 5.64. The lowest BCUT2D eigenvalue weighted by Crippen LogP contribution is -2.41. The maximum atomic E-state index is 13.7. The lowest BCUT2D eigenvalue weighted by Gasteiger charge is -2.29. The van der Waals surface area contributed by atoms with Crippen LogP contribution < -0.4 is 5.43 Å². The van der Waals surface area contributed by atoms with Crippen LogP contribution in [0.15, 0.2) is 29.1 Å². The zero-order valence-corrected chi connectivity index (χ0v) is 16.3. The highest BCUT2D eigenvalue weighted by Gasteiger charge is 2.37. The van der Waals surface area contributed by atoms with Crippen molar-refractivity contribution in [3.8, 4) is 0 Å². The smallest absolute Gasteiger partial charge is 0.338 e. The van der Waals surface area contributed by atoms with Crippen molar-refractivity contribution >= 4 is 16.8 Å². The van der Waals surface area contributed by atoms with E-state index in [0.29, 0.717) is 25.5 Å². The van der Waals surface area contributed by atoms with Crippen LogP contribution in [0.3, 0.4) is 0 Å². The number of aromatic nitrogens is 1. The van der Waals surface area contributed by atoms with Crippen molar-refractivity contribution in [3.05, 3.63) is 45.7 Å². The third-order valence-corrected chi connectivity index (χ3v) is 5.64. The van der Waals surface area contributed by atoms with Crippen molar-refractivity contribution in [3.63, 3.8) is 0 Å². The second-order valence-electron chi connectivity index (χ2n) is 7.66. The molecule has 152 valence electrons. The van der Waals surface area contributed by atoms with Gasteiger partial charge in [-0.15, -0.1) is 0 Å². The van der Waals surface area contributed by atoms with Crippen LogP contribution in [0.5, 0.6) is 0 Å². The van der Waals surface area contributed by atoms with Gasteiger partial charge in [-0.05, 0) is 38.3 Å². The minimum Gasteiger partial charge on any atom is -0.338 e. The number of hydrogen-bond donors (Lipinski definition) is 0. The number of pyridine rings is 1. The zero-order chi connectivity index (χ0) is 20.6. The quantitative estimate of drug-likeness (QED) is 0.773. The van der Waals surface area contributed by atoms with Crippen LogP contribution >= 0.6 is 0 Å². The molecule has 1 aliphatic heterocycles. The average Bonchev–Trinajstić information content (AvgIpc) is 3.09. The Morgan fingerprint density at radius 3 is 2.64 bits per heavy atom. The van der Waals surface area contributed by atoms with Crippen LogP contribution in [-0.2, 0) is 17.5 Å². The molecule has 2 aromatic rings. The van der Waals surface area contributed by atoms with Gasteiger partial charge in [-0.2, -0.15) is 13.2 Å². The summed E-state index contributed by atoms with van der Waals surface area (Å²) in [7, 11) is 0. The highest BCUT2D eigenvalue weighted by Crippen LogP contribution is 2.32. The van der Waals surface area contributed by atoms with Gasteiger partial charge < -0.3 is 9.47 Å². The summed E-state index contributed by atoms with van der Waals surface area (Å²) < 4.78 is 42.3. The van der Waals surface area contributed by atoms with E-state index in [1.807, 2.05) is 13.8 Å². The van der Waals surface area contributed by atoms with E-state index in [0.717, 1.165) is 12.0 Å². The molecule has 7 heteroatoms. The molecule has 0 aliphatic carbocycles. The Labute approximate surface area is 161 Å². The first-order valence-electron chi connectivity index (χ1n) is 9.65. The number of likely N-dealkylation sites (tertiary alicyclic amines) is 1. The second kappa shape index (κ2) is 7.60. The Morgan fingerprint density at radius 2 is 2.00 bits per heavy atom. The van der Waals surface area contributed by atoms with Crippen molar-refractivity contribution in [1.29, 1.82) is 0 Å². The molecular weight excluding hydrogens is 369 g/mol. The Balaban J connectivity index is 2.10. The summed E-state index contributed by atoms with van der Waals surface area (Å²) in [6.07, 6.45) is -2.54. The highest BCUT2D eigenvalue weighted by atomic mass is 19.4. The molecule has 1 fully saturated rings. The number of alkyl halides is 3. The largest absolute Gasteiger partial charge is 0.431 e. The number of fused-ring (bicyclic) bond motifs is 1. The van der Waals surface area contributed by atoms with Crippen molar-refractivity contribution < 1.29 is 18.0 Å². The number of halogens is 3. The van der Waals surface area contributed by atoms with E-state index in [1.54, 1.807) is 30.0 Å². The van der Waals surface area contributed by atoms with Crippen LogP contribution in [0.2, 0.25) is 0 Å². The first-order chi connectivity index (χ1) is 13.1. The van der Waals surface area contributed by atoms with Crippen LogP contribution in [0.1, 0.15) is 44.4 Å². The normalized spacial score (nSPS) is 18.6. The number of amides is 1. The molecule has 0 bridgehead atoms. The molecule has 3 rings (SSSR count). The molecule has 0 unspecified atom stereocenters. The highest BCUT2D eigenvalue weighted by molar-refractivity contribution is 5.81. The Morgan fingerprint density at radius 1 is 1.29 bits per heavy atom. The predicted octanol–water partition coefficient (Wildman–Crippen LogP) is 4.37. The van der Waals surface area contributed by atoms with Gasteiger partial charge >= 0.3 is 6.18 Å². The van der Waals surface area contributed by atoms with E-state index in [1.165, 1.54) is 4.57 Å². The van der Waals surface area contributed by atoms with E-state index in [2.05, 4.69) is 0 Å². The van der Waals surface area contributed by atoms with E-state index in [9.17, 15) is 22.8 Å². The maximum Gasteiger partial charge on any atom is 0.431 e. The number of carbonyl (C=O) groups excluding carboxylic acids is 1. The standard InChI is InChI=1S/C21H25F3N2O2/c1-4-14(3)20(28)25-9-5-6-15(25)12-26-17-8-7-13(2)10-16(17)18(27)11-19(26)21(22,23)24/h7-8,10-11,14-15H,4-6,9,12H2,1-3H3/t14-,15-/m1/s1. The fraction of sp³-hybridized carbons (Fsp3) is 0.524. The molecule has 0 spiro atoms. The van der Waals surface area contributed by atoms with Gasteiger partial charge in [0, 0.05) is 36.5 Å². The number of aryl methyl sites for hydroxylation is 1. The van der Waals surface area contributed by atoms with Crippen LogP contribution in [0.4, 0.5) is 13.2 Å². The molecule has 0 radical (unpaired) electrons. The summed E-state index contributed by atoms with van der Waals surface area (Å²) in [5.74, 6) is -0.171. The van der Waals surface area contributed by atoms with E-state index in [4.69, 9.17) is 0 Å². The van der Waals surface area contributed by atoms with Gasteiger partial charge in [0.25, 0.3) is 0 Å². The van der Waals surface area contributed by atoms with E-state index < -0.39 is 17.3 Å². The molecule has 0 saturated carbocycles. The molecular formula is C21H25F3N2O2. The number of carbonyl (C=O) groups is 1. The number of benzene rings is 1. The van der Waals surface area contributed by atoms with Gasteiger partial charge in [-0.25, -0.2) is 0 Å². The number of rotatable bonds is 4. The van der Waals surface area contributed by atoms with Crippen molar-refractivity contribution in [2.75, 3.05) is 6.54 Å². The molecule has 1 amide bonds. The van der Waals surface area contributed by atoms with Crippen LogP contribution in [0.25, 0.3) is 10.9 Å². The lowest BCUT2D eigenvalue weighted by atomic mass is 10.1. The monoisotopic (exact) mass is 394 g/mol. The van der Waals surface area contributed by atoms with E-state index >= 15 is 0 Å². The molecule has 1 saturated heterocycles. The average molecular weight is 394 g/mol. The van der Waals surface area contributed by atoms with Gasteiger partial charge in [0.05, 0.1) is 5.52 Å². The SMILES string of the molecule is CC[C@@H](C)C(=O)N1CCC[C@@H]1Cn1c(C(F)(F)F)cc(=O)c2cc(C)ccc21. The Bertz CT molecular complexity index is 949. The fourth-order valence-electron chi connectivity index (χ4n) is 3.91. The maximum absolute atomic E-state index is 13.7. The second-order valence-corrected chi connectivity index (χ2v) is 7.66. The molecule has 1 aromatic heterocycles. The summed E-state index contributed by atoms with van der Waals surface area (Å²) in [6.45, 7) is 6.15. The Kier molecular flexibility index (Phi) is 5.55. The summed E-state index contributed by atoms with van der Waals surface area (Å²) >= 11 is 0. The minimum atomic E-state index is -4.65. The molecule has 2 heterocycles. The third kappa shape index (κ3) is 3.80. The van der Waals surface area contributed by atoms with Crippen LogP contribution in [0, 0.1) is 12.8 Å².